The van der Waals surface area contributed by atoms with Crippen molar-refractivity contribution in [2.24, 2.45) is 7.05 Å². The van der Waals surface area contributed by atoms with Gasteiger partial charge >= 0.3 is 0 Å². The molecule has 0 fully saturated rings. The van der Waals surface area contributed by atoms with E-state index in [2.05, 4.69) is 15.3 Å². The molecule has 0 saturated heterocycles. The highest BCUT2D eigenvalue weighted by atomic mass is 19.1. The number of amides is 1. The second-order valence-corrected chi connectivity index (χ2v) is 7.25. The number of hydrogen-bond acceptors (Lipinski definition) is 6. The molecule has 2 aromatic heterocycles. The van der Waals surface area contributed by atoms with Crippen LogP contribution in [0.5, 0.6) is 5.75 Å². The SMILES string of the molecule is COc1cc(NC(=O)C(O)C2=CCCC(F)=C2)ccc1-c1cn(C)c2ncnc(N)c12. The third-order valence-corrected chi connectivity index (χ3v) is 5.19. The summed E-state index contributed by atoms with van der Waals surface area (Å²) in [6, 6.07) is 5.11. The Balaban J connectivity index is 1.64. The average Bonchev–Trinajstić information content (AvgIpc) is 3.10. The first-order valence-electron chi connectivity index (χ1n) is 9.68. The predicted octanol–water partition coefficient (Wildman–Crippen LogP) is 3.10. The van der Waals surface area contributed by atoms with Crippen LogP contribution in [0.25, 0.3) is 22.2 Å². The van der Waals surface area contributed by atoms with Crippen LogP contribution >= 0.6 is 0 Å². The highest BCUT2D eigenvalue weighted by Crippen LogP contribution is 2.38. The number of aryl methyl sites for hydroxylation is 1. The van der Waals surface area contributed by atoms with Crippen molar-refractivity contribution < 1.29 is 19.0 Å². The average molecular weight is 423 g/mol. The molecule has 0 spiro atoms. The number of nitrogens with one attached hydrogen (secondary N) is 1. The van der Waals surface area contributed by atoms with E-state index >= 15 is 0 Å². The van der Waals surface area contributed by atoms with Gasteiger partial charge in [-0.25, -0.2) is 14.4 Å². The predicted molar refractivity (Wildman–Crippen MR) is 116 cm³/mol. The van der Waals surface area contributed by atoms with Gasteiger partial charge in [0.1, 0.15) is 29.4 Å². The van der Waals surface area contributed by atoms with Crippen LogP contribution in [0.4, 0.5) is 15.9 Å². The summed E-state index contributed by atoms with van der Waals surface area (Å²) in [6.45, 7) is 0. The Morgan fingerprint density at radius 1 is 1.35 bits per heavy atom. The summed E-state index contributed by atoms with van der Waals surface area (Å²) in [7, 11) is 3.38. The smallest absolute Gasteiger partial charge is 0.257 e. The number of nitrogens with zero attached hydrogens (tertiary/aromatic N) is 3. The molecule has 8 nitrogen and oxygen atoms in total. The van der Waals surface area contributed by atoms with E-state index < -0.39 is 12.0 Å². The number of allylic oxidation sites excluding steroid dienone is 2. The zero-order valence-electron chi connectivity index (χ0n) is 17.1. The lowest BCUT2D eigenvalue weighted by atomic mass is 10.0. The van der Waals surface area contributed by atoms with Gasteiger partial charge < -0.3 is 25.5 Å². The van der Waals surface area contributed by atoms with E-state index in [0.717, 1.165) is 11.1 Å². The topological polar surface area (TPSA) is 115 Å². The molecule has 0 aliphatic heterocycles. The van der Waals surface area contributed by atoms with Crippen LogP contribution in [-0.2, 0) is 11.8 Å². The van der Waals surface area contributed by atoms with Crippen molar-refractivity contribution in [1.29, 1.82) is 0 Å². The number of methoxy groups -OCH3 is 1. The highest BCUT2D eigenvalue weighted by Gasteiger charge is 2.22. The van der Waals surface area contributed by atoms with Gasteiger partial charge in [-0.2, -0.15) is 0 Å². The Hall–Kier alpha value is -3.72. The lowest BCUT2D eigenvalue weighted by Gasteiger charge is -2.16. The summed E-state index contributed by atoms with van der Waals surface area (Å²) >= 11 is 0. The number of benzene rings is 1. The Morgan fingerprint density at radius 3 is 2.90 bits per heavy atom. The Morgan fingerprint density at radius 2 is 2.16 bits per heavy atom. The summed E-state index contributed by atoms with van der Waals surface area (Å²) in [5, 5.41) is 13.6. The third kappa shape index (κ3) is 3.87. The molecule has 0 bridgehead atoms. The molecule has 1 aliphatic carbocycles. The molecule has 1 aliphatic rings. The van der Waals surface area contributed by atoms with Gasteiger partial charge in [-0.1, -0.05) is 6.08 Å². The standard InChI is InChI=1S/C22H22FN5O3/c1-28-10-16(18-20(24)25-11-26-21(18)28)15-7-6-14(9-17(15)31-2)27-22(30)19(29)12-4-3-5-13(23)8-12/h4,6-11,19,29H,3,5H2,1-2H3,(H,27,30)(H2,24,25,26). The quantitative estimate of drug-likeness (QED) is 0.581. The second kappa shape index (κ2) is 8.19. The fourth-order valence-corrected chi connectivity index (χ4v) is 3.67. The summed E-state index contributed by atoms with van der Waals surface area (Å²) in [5.74, 6) is -0.168. The molecule has 9 heteroatoms. The van der Waals surface area contributed by atoms with E-state index in [-0.39, 0.29) is 17.8 Å². The molecule has 4 rings (SSSR count). The maximum Gasteiger partial charge on any atom is 0.257 e. The molecule has 1 aromatic carbocycles. The third-order valence-electron chi connectivity index (χ3n) is 5.19. The minimum absolute atomic E-state index is 0.246. The van der Waals surface area contributed by atoms with Crippen LogP contribution in [0.3, 0.4) is 0 Å². The van der Waals surface area contributed by atoms with Crippen molar-refractivity contribution in [3.8, 4) is 16.9 Å². The molecule has 0 radical (unpaired) electrons. The van der Waals surface area contributed by atoms with Gasteiger partial charge in [0.25, 0.3) is 5.91 Å². The minimum Gasteiger partial charge on any atom is -0.496 e. The summed E-state index contributed by atoms with van der Waals surface area (Å²) in [5.41, 5.74) is 8.97. The van der Waals surface area contributed by atoms with Gasteiger partial charge in [-0.05, 0) is 30.2 Å². The van der Waals surface area contributed by atoms with Crippen LogP contribution < -0.4 is 15.8 Å². The molecule has 1 atom stereocenters. The first kappa shape index (κ1) is 20.5. The van der Waals surface area contributed by atoms with E-state index in [0.29, 0.717) is 34.7 Å². The largest absolute Gasteiger partial charge is 0.496 e. The van der Waals surface area contributed by atoms with E-state index in [1.165, 1.54) is 19.5 Å². The number of anilines is 2. The van der Waals surface area contributed by atoms with Crippen LogP contribution in [0.1, 0.15) is 12.8 Å². The van der Waals surface area contributed by atoms with Crippen molar-refractivity contribution in [1.82, 2.24) is 14.5 Å². The lowest BCUT2D eigenvalue weighted by molar-refractivity contribution is -0.122. The van der Waals surface area contributed by atoms with Gasteiger partial charge in [-0.15, -0.1) is 0 Å². The Labute approximate surface area is 177 Å². The minimum atomic E-state index is -1.47. The van der Waals surface area contributed by atoms with Gasteiger partial charge in [0.2, 0.25) is 0 Å². The number of nitrogens with two attached hydrogens (primary N) is 1. The molecular formula is C22H22FN5O3. The molecule has 160 valence electrons. The molecular weight excluding hydrogens is 401 g/mol. The monoisotopic (exact) mass is 423 g/mol. The van der Waals surface area contributed by atoms with Crippen LogP contribution in [-0.4, -0.2) is 38.8 Å². The van der Waals surface area contributed by atoms with E-state index in [4.69, 9.17) is 10.5 Å². The number of halogens is 1. The number of carbonyl (C=O) groups is 1. The number of ether oxygens (including phenoxy) is 1. The number of hydrogen-bond donors (Lipinski definition) is 3. The van der Waals surface area contributed by atoms with Gasteiger partial charge in [0.15, 0.2) is 6.10 Å². The van der Waals surface area contributed by atoms with E-state index in [1.807, 2.05) is 17.8 Å². The van der Waals surface area contributed by atoms with Crippen molar-refractivity contribution in [2.75, 3.05) is 18.2 Å². The maximum atomic E-state index is 13.5. The molecule has 31 heavy (non-hydrogen) atoms. The van der Waals surface area contributed by atoms with Crippen molar-refractivity contribution in [3.63, 3.8) is 0 Å². The second-order valence-electron chi connectivity index (χ2n) is 7.25. The number of rotatable bonds is 5. The number of aliphatic hydroxyl groups excluding tert-OH is 1. The van der Waals surface area contributed by atoms with Crippen molar-refractivity contribution in [3.05, 3.63) is 54.3 Å². The van der Waals surface area contributed by atoms with Gasteiger partial charge in [0.05, 0.1) is 12.5 Å². The molecule has 0 saturated carbocycles. The van der Waals surface area contributed by atoms with Crippen molar-refractivity contribution >= 4 is 28.4 Å². The maximum absolute atomic E-state index is 13.5. The Bertz CT molecular complexity index is 1230. The van der Waals surface area contributed by atoms with E-state index in [1.54, 1.807) is 24.3 Å². The zero-order valence-corrected chi connectivity index (χ0v) is 17.1. The summed E-state index contributed by atoms with van der Waals surface area (Å²) < 4.78 is 20.9. The highest BCUT2D eigenvalue weighted by molar-refractivity contribution is 6.02. The fraction of sp³-hybridized carbons (Fsp3) is 0.227. The zero-order chi connectivity index (χ0) is 22.1. The fourth-order valence-electron chi connectivity index (χ4n) is 3.67. The summed E-state index contributed by atoms with van der Waals surface area (Å²) in [6.07, 6.45) is 5.40. The number of aromatic nitrogens is 3. The van der Waals surface area contributed by atoms with Gasteiger partial charge in [0, 0.05) is 42.5 Å². The molecule has 3 aromatic rings. The van der Waals surface area contributed by atoms with Crippen LogP contribution in [0.2, 0.25) is 0 Å². The van der Waals surface area contributed by atoms with Crippen LogP contribution in [0.15, 0.2) is 54.3 Å². The number of carbonyl (C=O) groups excluding carboxylic acids is 1. The molecule has 2 heterocycles. The number of nitrogen functional groups attached to an aromatic ring is 1. The first-order chi connectivity index (χ1) is 14.9. The number of aliphatic hydroxyl groups is 1. The Kier molecular flexibility index (Phi) is 5.43. The molecule has 4 N–H and O–H groups in total. The summed E-state index contributed by atoms with van der Waals surface area (Å²) in [4.78, 5) is 20.8. The number of fused-ring (bicyclic) bond motifs is 1. The van der Waals surface area contributed by atoms with Gasteiger partial charge in [-0.3, -0.25) is 4.79 Å². The normalized spacial score (nSPS) is 14.7. The van der Waals surface area contributed by atoms with E-state index in [9.17, 15) is 14.3 Å². The molecule has 1 unspecified atom stereocenters. The molecule has 1 amide bonds. The first-order valence-corrected chi connectivity index (χ1v) is 9.68. The van der Waals surface area contributed by atoms with Crippen molar-refractivity contribution in [2.45, 2.75) is 18.9 Å². The lowest BCUT2D eigenvalue weighted by Crippen LogP contribution is -2.29. The van der Waals surface area contributed by atoms with Crippen LogP contribution in [0, 0.1) is 0 Å².